The van der Waals surface area contributed by atoms with Gasteiger partial charge in [0.25, 0.3) is 0 Å². The third kappa shape index (κ3) is 3.43. The summed E-state index contributed by atoms with van der Waals surface area (Å²) < 4.78 is 5.39. The van der Waals surface area contributed by atoms with Gasteiger partial charge in [0.05, 0.1) is 0 Å². The van der Waals surface area contributed by atoms with Crippen molar-refractivity contribution in [1.29, 1.82) is 0 Å². The van der Waals surface area contributed by atoms with Gasteiger partial charge in [-0.2, -0.15) is 4.98 Å². The van der Waals surface area contributed by atoms with Gasteiger partial charge < -0.3 is 10.5 Å². The van der Waals surface area contributed by atoms with E-state index in [0.29, 0.717) is 30.5 Å². The maximum atomic E-state index is 5.69. The molecule has 0 saturated carbocycles. The van der Waals surface area contributed by atoms with Crippen LogP contribution in [0.5, 0.6) is 5.88 Å². The molecule has 0 aliphatic rings. The summed E-state index contributed by atoms with van der Waals surface area (Å²) >= 11 is 0. The monoisotopic (exact) mass is 219 g/mol. The fraction of sp³-hybridized carbons (Fsp3) is 0.500. The Morgan fingerprint density at radius 1 is 1.44 bits per heavy atom. The molecular formula is C12H17N3O. The van der Waals surface area contributed by atoms with Crippen LogP contribution in [0.15, 0.2) is 6.07 Å². The highest BCUT2D eigenvalue weighted by atomic mass is 16.5. The number of anilines is 1. The second-order valence-corrected chi connectivity index (χ2v) is 4.51. The summed E-state index contributed by atoms with van der Waals surface area (Å²) in [5, 5.41) is 0. The quantitative estimate of drug-likeness (QED) is 0.621. The Morgan fingerprint density at radius 2 is 2.12 bits per heavy atom. The fourth-order valence-corrected chi connectivity index (χ4v) is 1.07. The number of ether oxygens (including phenoxy) is 1. The van der Waals surface area contributed by atoms with Crippen molar-refractivity contribution in [3.05, 3.63) is 11.9 Å². The molecule has 4 heteroatoms. The lowest BCUT2D eigenvalue weighted by molar-refractivity contribution is 0.310. The number of hydrogen-bond acceptors (Lipinski definition) is 4. The van der Waals surface area contributed by atoms with E-state index < -0.39 is 0 Å². The Bertz CT molecular complexity index is 402. The van der Waals surface area contributed by atoms with E-state index in [0.717, 1.165) is 0 Å². The van der Waals surface area contributed by atoms with Gasteiger partial charge >= 0.3 is 0 Å². The van der Waals surface area contributed by atoms with Crippen LogP contribution in [0.1, 0.15) is 33.0 Å². The summed E-state index contributed by atoms with van der Waals surface area (Å²) in [6, 6.07) is 1.60. The summed E-state index contributed by atoms with van der Waals surface area (Å²) in [5.74, 6) is 4.06. The third-order valence-corrected chi connectivity index (χ3v) is 1.89. The molecule has 0 atom stereocenters. The SMILES string of the molecule is C#CCCOc1cc(N)nc(C(C)(C)C)n1. The molecule has 16 heavy (non-hydrogen) atoms. The van der Waals surface area contributed by atoms with Crippen molar-refractivity contribution in [3.8, 4) is 18.2 Å². The van der Waals surface area contributed by atoms with E-state index in [1.807, 2.05) is 20.8 Å². The van der Waals surface area contributed by atoms with Gasteiger partial charge in [-0.15, -0.1) is 12.3 Å². The van der Waals surface area contributed by atoms with Crippen molar-refractivity contribution in [2.45, 2.75) is 32.6 Å². The lowest BCUT2D eigenvalue weighted by atomic mass is 9.96. The van der Waals surface area contributed by atoms with E-state index >= 15 is 0 Å². The predicted octanol–water partition coefficient (Wildman–Crippen LogP) is 1.76. The van der Waals surface area contributed by atoms with Crippen molar-refractivity contribution in [2.75, 3.05) is 12.3 Å². The lowest BCUT2D eigenvalue weighted by Crippen LogP contribution is -2.17. The number of nitrogens with zero attached hydrogens (tertiary/aromatic N) is 2. The van der Waals surface area contributed by atoms with Gasteiger partial charge in [0.2, 0.25) is 5.88 Å². The number of nitrogens with two attached hydrogens (primary N) is 1. The highest BCUT2D eigenvalue weighted by Crippen LogP contribution is 2.22. The van der Waals surface area contributed by atoms with Crippen LogP contribution < -0.4 is 10.5 Å². The average molecular weight is 219 g/mol. The summed E-state index contributed by atoms with van der Waals surface area (Å²) in [5.41, 5.74) is 5.54. The van der Waals surface area contributed by atoms with E-state index in [9.17, 15) is 0 Å². The Kier molecular flexibility index (Phi) is 3.73. The molecule has 86 valence electrons. The number of rotatable bonds is 3. The zero-order valence-corrected chi connectivity index (χ0v) is 9.95. The average Bonchev–Trinajstić information content (AvgIpc) is 2.16. The van der Waals surface area contributed by atoms with Gasteiger partial charge in [0, 0.05) is 17.9 Å². The highest BCUT2D eigenvalue weighted by Gasteiger charge is 2.18. The van der Waals surface area contributed by atoms with E-state index in [1.165, 1.54) is 0 Å². The second-order valence-electron chi connectivity index (χ2n) is 4.51. The van der Waals surface area contributed by atoms with E-state index in [-0.39, 0.29) is 5.41 Å². The number of terminal acetylenes is 1. The topological polar surface area (TPSA) is 61.0 Å². The molecule has 1 aromatic rings. The smallest absolute Gasteiger partial charge is 0.218 e. The minimum atomic E-state index is -0.153. The fourth-order valence-electron chi connectivity index (χ4n) is 1.07. The van der Waals surface area contributed by atoms with Crippen LogP contribution in [0.3, 0.4) is 0 Å². The summed E-state index contributed by atoms with van der Waals surface area (Å²) in [6.07, 6.45) is 5.68. The van der Waals surface area contributed by atoms with E-state index in [4.69, 9.17) is 16.9 Å². The Morgan fingerprint density at radius 3 is 2.69 bits per heavy atom. The molecule has 0 aliphatic carbocycles. The first-order valence-corrected chi connectivity index (χ1v) is 5.15. The van der Waals surface area contributed by atoms with E-state index in [2.05, 4.69) is 15.9 Å². The molecule has 0 saturated heterocycles. The molecule has 0 bridgehead atoms. The molecule has 0 fully saturated rings. The lowest BCUT2D eigenvalue weighted by Gasteiger charge is -2.17. The molecule has 1 heterocycles. The molecular weight excluding hydrogens is 202 g/mol. The van der Waals surface area contributed by atoms with Gasteiger partial charge in [0.15, 0.2) is 0 Å². The van der Waals surface area contributed by atoms with Crippen LogP contribution in [0.25, 0.3) is 0 Å². The van der Waals surface area contributed by atoms with Crippen LogP contribution in [-0.2, 0) is 5.41 Å². The van der Waals surface area contributed by atoms with Gasteiger partial charge in [-0.1, -0.05) is 20.8 Å². The van der Waals surface area contributed by atoms with Crippen LogP contribution >= 0.6 is 0 Å². The van der Waals surface area contributed by atoms with Crippen molar-refractivity contribution < 1.29 is 4.74 Å². The summed E-state index contributed by atoms with van der Waals surface area (Å²) in [7, 11) is 0. The third-order valence-electron chi connectivity index (χ3n) is 1.89. The van der Waals surface area contributed by atoms with Crippen molar-refractivity contribution in [3.63, 3.8) is 0 Å². The number of hydrogen-bond donors (Lipinski definition) is 1. The zero-order chi connectivity index (χ0) is 12.2. The van der Waals surface area contributed by atoms with Gasteiger partial charge in [0.1, 0.15) is 18.2 Å². The Hall–Kier alpha value is -1.76. The van der Waals surface area contributed by atoms with Gasteiger partial charge in [-0.25, -0.2) is 4.98 Å². The van der Waals surface area contributed by atoms with Crippen molar-refractivity contribution in [1.82, 2.24) is 9.97 Å². The minimum absolute atomic E-state index is 0.153. The number of nitrogen functional groups attached to an aromatic ring is 1. The highest BCUT2D eigenvalue weighted by molar-refractivity contribution is 5.34. The largest absolute Gasteiger partial charge is 0.477 e. The molecule has 4 nitrogen and oxygen atoms in total. The first-order chi connectivity index (χ1) is 7.43. The van der Waals surface area contributed by atoms with Gasteiger partial charge in [-0.05, 0) is 0 Å². The first-order valence-electron chi connectivity index (χ1n) is 5.15. The molecule has 0 radical (unpaired) electrons. The van der Waals surface area contributed by atoms with Crippen LogP contribution in [0.4, 0.5) is 5.82 Å². The predicted molar refractivity (Wildman–Crippen MR) is 64.1 cm³/mol. The zero-order valence-electron chi connectivity index (χ0n) is 9.95. The van der Waals surface area contributed by atoms with Crippen molar-refractivity contribution >= 4 is 5.82 Å². The minimum Gasteiger partial charge on any atom is -0.477 e. The molecule has 1 rings (SSSR count). The normalized spacial score (nSPS) is 10.9. The second kappa shape index (κ2) is 4.84. The molecule has 0 unspecified atom stereocenters. The van der Waals surface area contributed by atoms with Crippen LogP contribution in [0, 0.1) is 12.3 Å². The Balaban J connectivity index is 2.87. The molecule has 0 amide bonds. The summed E-state index contributed by atoms with van der Waals surface area (Å²) in [4.78, 5) is 8.47. The maximum absolute atomic E-state index is 5.69. The standard InChI is InChI=1S/C12H17N3O/c1-5-6-7-16-10-8-9(13)14-11(15-10)12(2,3)4/h1,8H,6-7H2,2-4H3,(H2,13,14,15). The summed E-state index contributed by atoms with van der Waals surface area (Å²) in [6.45, 7) is 6.50. The Labute approximate surface area is 96.2 Å². The molecule has 0 aliphatic heterocycles. The molecule has 2 N–H and O–H groups in total. The molecule has 1 aromatic heterocycles. The maximum Gasteiger partial charge on any atom is 0.218 e. The van der Waals surface area contributed by atoms with Gasteiger partial charge in [-0.3, -0.25) is 0 Å². The molecule has 0 spiro atoms. The van der Waals surface area contributed by atoms with Crippen LogP contribution in [-0.4, -0.2) is 16.6 Å². The number of aromatic nitrogens is 2. The first kappa shape index (κ1) is 12.3. The van der Waals surface area contributed by atoms with Crippen molar-refractivity contribution in [2.24, 2.45) is 0 Å². The molecule has 0 aromatic carbocycles. The van der Waals surface area contributed by atoms with E-state index in [1.54, 1.807) is 6.07 Å². The van der Waals surface area contributed by atoms with Crippen LogP contribution in [0.2, 0.25) is 0 Å².